The van der Waals surface area contributed by atoms with Gasteiger partial charge in [-0.2, -0.15) is 5.26 Å². The van der Waals surface area contributed by atoms with Crippen LogP contribution in [0, 0.1) is 32.1 Å². The average molecular weight is 240 g/mol. The fourth-order valence-electron chi connectivity index (χ4n) is 2.07. The smallest absolute Gasteiger partial charge is 0.122 e. The largest absolute Gasteiger partial charge is 0.384 e. The van der Waals surface area contributed by atoms with Gasteiger partial charge in [0.1, 0.15) is 11.9 Å². The summed E-state index contributed by atoms with van der Waals surface area (Å²) in [6.07, 6.45) is 1.77. The summed E-state index contributed by atoms with van der Waals surface area (Å²) in [6, 6.07) is 6.10. The molecule has 0 atom stereocenters. The Labute approximate surface area is 107 Å². The highest BCUT2D eigenvalue weighted by molar-refractivity contribution is 5.58. The SMILES string of the molecule is Cc1cccnc1Cn1c(C)c(C)c(C#N)c1N. The third-order valence-electron chi connectivity index (χ3n) is 3.41. The normalized spacial score (nSPS) is 10.3. The van der Waals surface area contributed by atoms with Crippen LogP contribution in [0.15, 0.2) is 18.3 Å². The van der Waals surface area contributed by atoms with Crippen molar-refractivity contribution < 1.29 is 0 Å². The number of anilines is 1. The third kappa shape index (κ3) is 1.84. The number of aromatic nitrogens is 2. The second-order valence-corrected chi connectivity index (χ2v) is 4.44. The van der Waals surface area contributed by atoms with Crippen LogP contribution < -0.4 is 5.73 Å². The first-order valence-corrected chi connectivity index (χ1v) is 5.82. The second kappa shape index (κ2) is 4.53. The molecule has 0 saturated carbocycles. The van der Waals surface area contributed by atoms with E-state index in [1.54, 1.807) is 6.20 Å². The van der Waals surface area contributed by atoms with E-state index in [1.165, 1.54) is 0 Å². The fourth-order valence-corrected chi connectivity index (χ4v) is 2.07. The molecule has 92 valence electrons. The van der Waals surface area contributed by atoms with Gasteiger partial charge in [0.25, 0.3) is 0 Å². The van der Waals surface area contributed by atoms with Gasteiger partial charge in [0.05, 0.1) is 17.8 Å². The lowest BCUT2D eigenvalue weighted by Crippen LogP contribution is -2.08. The molecule has 2 heterocycles. The van der Waals surface area contributed by atoms with Crippen LogP contribution in [-0.4, -0.2) is 9.55 Å². The summed E-state index contributed by atoms with van der Waals surface area (Å²) < 4.78 is 1.95. The molecule has 4 heteroatoms. The monoisotopic (exact) mass is 240 g/mol. The maximum atomic E-state index is 9.10. The van der Waals surface area contributed by atoms with Crippen molar-refractivity contribution >= 4 is 5.82 Å². The van der Waals surface area contributed by atoms with Crippen molar-refractivity contribution in [1.29, 1.82) is 5.26 Å². The molecule has 4 nitrogen and oxygen atoms in total. The van der Waals surface area contributed by atoms with E-state index in [0.717, 1.165) is 22.5 Å². The quantitative estimate of drug-likeness (QED) is 0.875. The molecule has 0 aliphatic carbocycles. The van der Waals surface area contributed by atoms with Gasteiger partial charge in [0.2, 0.25) is 0 Å². The maximum absolute atomic E-state index is 9.10. The van der Waals surface area contributed by atoms with Crippen molar-refractivity contribution in [3.63, 3.8) is 0 Å². The Kier molecular flexibility index (Phi) is 3.07. The summed E-state index contributed by atoms with van der Waals surface area (Å²) in [5.74, 6) is 0.526. The Hall–Kier alpha value is -2.28. The van der Waals surface area contributed by atoms with Crippen LogP contribution in [-0.2, 0) is 6.54 Å². The number of nitriles is 1. The Bertz CT molecular complexity index is 632. The van der Waals surface area contributed by atoms with Crippen LogP contribution in [0.25, 0.3) is 0 Å². The summed E-state index contributed by atoms with van der Waals surface area (Å²) in [6.45, 7) is 6.53. The maximum Gasteiger partial charge on any atom is 0.122 e. The van der Waals surface area contributed by atoms with Crippen molar-refractivity contribution in [2.75, 3.05) is 5.73 Å². The second-order valence-electron chi connectivity index (χ2n) is 4.44. The molecule has 18 heavy (non-hydrogen) atoms. The highest BCUT2D eigenvalue weighted by Gasteiger charge is 2.15. The number of nitrogens with two attached hydrogens (primary N) is 1. The Morgan fingerprint density at radius 1 is 1.39 bits per heavy atom. The zero-order valence-corrected chi connectivity index (χ0v) is 10.9. The van der Waals surface area contributed by atoms with Gasteiger partial charge in [-0.15, -0.1) is 0 Å². The molecule has 0 aromatic carbocycles. The van der Waals surface area contributed by atoms with Crippen LogP contribution >= 0.6 is 0 Å². The molecular formula is C14H16N4. The number of rotatable bonds is 2. The molecule has 0 aliphatic heterocycles. The number of hydrogen-bond donors (Lipinski definition) is 1. The third-order valence-corrected chi connectivity index (χ3v) is 3.41. The van der Waals surface area contributed by atoms with Crippen LogP contribution in [0.1, 0.15) is 28.1 Å². The van der Waals surface area contributed by atoms with Crippen LogP contribution in [0.2, 0.25) is 0 Å². The minimum atomic E-state index is 0.526. The Morgan fingerprint density at radius 2 is 2.11 bits per heavy atom. The molecule has 0 spiro atoms. The van der Waals surface area contributed by atoms with Gasteiger partial charge < -0.3 is 10.3 Å². The van der Waals surface area contributed by atoms with Gasteiger partial charge in [-0.1, -0.05) is 6.07 Å². The van der Waals surface area contributed by atoms with E-state index < -0.39 is 0 Å². The minimum Gasteiger partial charge on any atom is -0.384 e. The van der Waals surface area contributed by atoms with E-state index in [-0.39, 0.29) is 0 Å². The van der Waals surface area contributed by atoms with Crippen LogP contribution in [0.5, 0.6) is 0 Å². The molecule has 2 aromatic heterocycles. The van der Waals surface area contributed by atoms with Gasteiger partial charge >= 0.3 is 0 Å². The summed E-state index contributed by atoms with van der Waals surface area (Å²) >= 11 is 0. The predicted molar refractivity (Wildman–Crippen MR) is 71.1 cm³/mol. The van der Waals surface area contributed by atoms with Gasteiger partial charge in [-0.05, 0) is 38.0 Å². The lowest BCUT2D eigenvalue weighted by molar-refractivity contribution is 0.756. The van der Waals surface area contributed by atoms with Crippen LogP contribution in [0.3, 0.4) is 0 Å². The average Bonchev–Trinajstić information content (AvgIpc) is 2.56. The molecule has 0 bridgehead atoms. The topological polar surface area (TPSA) is 67.6 Å². The molecule has 0 unspecified atom stereocenters. The summed E-state index contributed by atoms with van der Waals surface area (Å²) in [7, 11) is 0. The van der Waals surface area contributed by atoms with Crippen LogP contribution in [0.4, 0.5) is 5.82 Å². The van der Waals surface area contributed by atoms with Gasteiger partial charge in [0.15, 0.2) is 0 Å². The van der Waals surface area contributed by atoms with Gasteiger partial charge in [-0.25, -0.2) is 0 Å². The fraction of sp³-hybridized carbons (Fsp3) is 0.286. The molecule has 0 amide bonds. The summed E-state index contributed by atoms with van der Waals surface area (Å²) in [5.41, 5.74) is 10.7. The highest BCUT2D eigenvalue weighted by atomic mass is 15.1. The number of pyridine rings is 1. The number of nitrogen functional groups attached to an aromatic ring is 1. The molecule has 0 saturated heterocycles. The molecule has 2 N–H and O–H groups in total. The van der Waals surface area contributed by atoms with E-state index in [1.807, 2.05) is 37.5 Å². The van der Waals surface area contributed by atoms with E-state index in [2.05, 4.69) is 11.1 Å². The van der Waals surface area contributed by atoms with Crippen molar-refractivity contribution in [3.8, 4) is 6.07 Å². The number of hydrogen-bond acceptors (Lipinski definition) is 3. The van der Waals surface area contributed by atoms with Gasteiger partial charge in [-0.3, -0.25) is 4.98 Å². The standard InChI is InChI=1S/C14H16N4/c1-9-5-4-6-17-13(9)8-18-11(3)10(2)12(7-15)14(18)16/h4-6H,8,16H2,1-3H3. The van der Waals surface area contributed by atoms with Crippen molar-refractivity contribution in [2.24, 2.45) is 0 Å². The molecule has 0 fully saturated rings. The Morgan fingerprint density at radius 3 is 2.67 bits per heavy atom. The predicted octanol–water partition coefficient (Wildman–Crippen LogP) is 2.31. The summed E-state index contributed by atoms with van der Waals surface area (Å²) in [4.78, 5) is 4.36. The van der Waals surface area contributed by atoms with Crippen molar-refractivity contribution in [1.82, 2.24) is 9.55 Å². The van der Waals surface area contributed by atoms with E-state index in [0.29, 0.717) is 17.9 Å². The lowest BCUT2D eigenvalue weighted by atomic mass is 10.2. The molecule has 2 rings (SSSR count). The number of nitrogens with zero attached hydrogens (tertiary/aromatic N) is 3. The molecule has 0 radical (unpaired) electrons. The minimum absolute atomic E-state index is 0.526. The first kappa shape index (κ1) is 12.2. The lowest BCUT2D eigenvalue weighted by Gasteiger charge is -2.10. The molecule has 2 aromatic rings. The highest BCUT2D eigenvalue weighted by Crippen LogP contribution is 2.24. The zero-order chi connectivity index (χ0) is 13.3. The molecular weight excluding hydrogens is 224 g/mol. The van der Waals surface area contributed by atoms with Gasteiger partial charge in [0, 0.05) is 11.9 Å². The molecule has 0 aliphatic rings. The van der Waals surface area contributed by atoms with E-state index in [9.17, 15) is 0 Å². The van der Waals surface area contributed by atoms with E-state index in [4.69, 9.17) is 11.0 Å². The van der Waals surface area contributed by atoms with E-state index >= 15 is 0 Å². The van der Waals surface area contributed by atoms with Crippen molar-refractivity contribution in [3.05, 3.63) is 46.4 Å². The zero-order valence-electron chi connectivity index (χ0n) is 10.9. The first-order chi connectivity index (χ1) is 8.56. The summed E-state index contributed by atoms with van der Waals surface area (Å²) in [5, 5.41) is 9.10. The first-order valence-electron chi connectivity index (χ1n) is 5.82. The van der Waals surface area contributed by atoms with Crippen molar-refractivity contribution in [2.45, 2.75) is 27.3 Å². The number of aryl methyl sites for hydroxylation is 1. The Balaban J connectivity index is 2.49.